The van der Waals surface area contributed by atoms with E-state index in [0.29, 0.717) is 17.9 Å². The van der Waals surface area contributed by atoms with Crippen LogP contribution in [0.5, 0.6) is 0 Å². The molecule has 0 spiro atoms. The van der Waals surface area contributed by atoms with Crippen LogP contribution in [0.25, 0.3) is 28.0 Å². The molecule has 2 fully saturated rings. The van der Waals surface area contributed by atoms with E-state index < -0.39 is 0 Å². The minimum absolute atomic E-state index is 0.579. The largest absolute Gasteiger partial charge is 0.399 e. The first-order valence-electron chi connectivity index (χ1n) is 13.4. The molecule has 4 nitrogen and oxygen atoms in total. The van der Waals surface area contributed by atoms with Gasteiger partial charge in [-0.15, -0.1) is 0 Å². The van der Waals surface area contributed by atoms with Gasteiger partial charge in [0.15, 0.2) is 0 Å². The summed E-state index contributed by atoms with van der Waals surface area (Å²) in [5, 5.41) is 3.64. The number of hydrogen-bond acceptors (Lipinski definition) is 4. The topological polar surface area (TPSA) is 53.7 Å². The first-order valence-corrected chi connectivity index (χ1v) is 13.4. The molecule has 3 aromatic rings. The third-order valence-electron chi connectivity index (χ3n) is 8.68. The highest BCUT2D eigenvalue weighted by Crippen LogP contribution is 2.58. The Morgan fingerprint density at radius 2 is 1.56 bits per heavy atom. The van der Waals surface area contributed by atoms with Gasteiger partial charge in [-0.3, -0.25) is 4.99 Å². The summed E-state index contributed by atoms with van der Waals surface area (Å²) in [6, 6.07) is 22.6. The van der Waals surface area contributed by atoms with Crippen molar-refractivity contribution in [1.82, 2.24) is 10.2 Å². The maximum Gasteiger partial charge on any atom is 0.0600 e. The average Bonchev–Trinajstić information content (AvgIpc) is 3.64. The molecule has 3 atom stereocenters. The molecule has 1 saturated carbocycles. The molecule has 0 amide bonds. The molecule has 2 aliphatic carbocycles. The molecule has 1 aliphatic heterocycles. The van der Waals surface area contributed by atoms with Crippen LogP contribution in [0, 0.1) is 0 Å². The standard InChI is InChI=1S/C32H36N4/c1-34-20-30(35-19-27-4-3-17-36(27)2)23-7-5-21(6-8-23)28-15-16-29(22-11-13-26(33)14-12-22)32-25-10-9-24(18-25)31(28)32/h5-8,11-16,20,24-25,27,35H,1,3-4,9-10,17-19,33H2,2H3/b30-20-. The summed E-state index contributed by atoms with van der Waals surface area (Å²) in [7, 11) is 2.22. The summed E-state index contributed by atoms with van der Waals surface area (Å²) in [6.07, 6.45) is 8.29. The van der Waals surface area contributed by atoms with Gasteiger partial charge in [0.2, 0.25) is 0 Å². The molecule has 3 aliphatic rings. The number of likely N-dealkylation sites (tertiary alicyclic amines) is 1. The lowest BCUT2D eigenvalue weighted by Crippen LogP contribution is -2.34. The number of nitrogens with one attached hydrogen (secondary N) is 1. The lowest BCUT2D eigenvalue weighted by molar-refractivity contribution is 0.309. The molecule has 4 heteroatoms. The van der Waals surface area contributed by atoms with Gasteiger partial charge in [-0.05, 0) is 115 Å². The van der Waals surface area contributed by atoms with E-state index in [1.807, 2.05) is 18.3 Å². The smallest absolute Gasteiger partial charge is 0.0600 e. The lowest BCUT2D eigenvalue weighted by Gasteiger charge is -2.23. The molecule has 3 aromatic carbocycles. The SMILES string of the molecule is C=N/C=C(\NCC1CCCN1C)c1ccc(-c2ccc(-c3ccc(N)cc3)c3c2C2CCC3C2)cc1. The molecule has 0 radical (unpaired) electrons. The molecular formula is C32H36N4. The number of hydrogen-bond donors (Lipinski definition) is 2. The average molecular weight is 477 g/mol. The maximum atomic E-state index is 5.97. The Morgan fingerprint density at radius 1 is 0.944 bits per heavy atom. The summed E-state index contributed by atoms with van der Waals surface area (Å²) in [5.41, 5.74) is 17.5. The van der Waals surface area contributed by atoms with Crippen molar-refractivity contribution < 1.29 is 0 Å². The zero-order chi connectivity index (χ0) is 24.6. The van der Waals surface area contributed by atoms with E-state index in [9.17, 15) is 0 Å². The van der Waals surface area contributed by atoms with Gasteiger partial charge >= 0.3 is 0 Å². The van der Waals surface area contributed by atoms with Crippen LogP contribution in [-0.2, 0) is 0 Å². The lowest BCUT2D eigenvalue weighted by atomic mass is 9.81. The number of fused-ring (bicyclic) bond motifs is 5. The van der Waals surface area contributed by atoms with E-state index >= 15 is 0 Å². The number of nitrogen functional groups attached to an aromatic ring is 1. The van der Waals surface area contributed by atoms with Crippen molar-refractivity contribution in [2.45, 2.75) is 50.0 Å². The van der Waals surface area contributed by atoms with Crippen LogP contribution in [0.15, 0.2) is 71.9 Å². The van der Waals surface area contributed by atoms with Crippen molar-refractivity contribution in [3.63, 3.8) is 0 Å². The molecule has 3 N–H and O–H groups in total. The van der Waals surface area contributed by atoms with Crippen LogP contribution >= 0.6 is 0 Å². The zero-order valence-electron chi connectivity index (χ0n) is 21.2. The van der Waals surface area contributed by atoms with Gasteiger partial charge in [-0.1, -0.05) is 48.5 Å². The number of anilines is 1. The van der Waals surface area contributed by atoms with Crippen molar-refractivity contribution in [1.29, 1.82) is 0 Å². The van der Waals surface area contributed by atoms with E-state index in [-0.39, 0.29) is 0 Å². The van der Waals surface area contributed by atoms with Gasteiger partial charge in [0.25, 0.3) is 0 Å². The van der Waals surface area contributed by atoms with E-state index in [1.165, 1.54) is 60.9 Å². The van der Waals surface area contributed by atoms with E-state index in [0.717, 1.165) is 23.5 Å². The molecule has 184 valence electrons. The second-order valence-electron chi connectivity index (χ2n) is 10.8. The molecule has 1 saturated heterocycles. The monoisotopic (exact) mass is 476 g/mol. The fourth-order valence-electron chi connectivity index (χ4n) is 6.80. The number of likely N-dealkylation sites (N-methyl/N-ethyl adjacent to an activating group) is 1. The number of rotatable bonds is 7. The third kappa shape index (κ3) is 4.14. The highest BCUT2D eigenvalue weighted by Gasteiger charge is 2.40. The second kappa shape index (κ2) is 9.59. The zero-order valence-corrected chi connectivity index (χ0v) is 21.2. The quantitative estimate of drug-likeness (QED) is 0.296. The maximum absolute atomic E-state index is 5.97. The van der Waals surface area contributed by atoms with Gasteiger partial charge in [0.1, 0.15) is 0 Å². The van der Waals surface area contributed by atoms with Crippen molar-refractivity contribution in [2.24, 2.45) is 4.99 Å². The summed E-state index contributed by atoms with van der Waals surface area (Å²) in [4.78, 5) is 6.52. The number of nitrogens with two attached hydrogens (primary N) is 1. The van der Waals surface area contributed by atoms with Gasteiger partial charge in [-0.2, -0.15) is 0 Å². The number of benzene rings is 3. The third-order valence-corrected chi connectivity index (χ3v) is 8.68. The highest BCUT2D eigenvalue weighted by atomic mass is 15.2. The Labute approximate surface area is 214 Å². The van der Waals surface area contributed by atoms with Crippen molar-refractivity contribution in [2.75, 3.05) is 25.9 Å². The number of aliphatic imine (C=N–C) groups is 1. The molecule has 2 bridgehead atoms. The van der Waals surface area contributed by atoms with E-state index in [1.54, 1.807) is 11.1 Å². The normalized spacial score (nSPS) is 23.1. The van der Waals surface area contributed by atoms with Crippen molar-refractivity contribution in [3.05, 3.63) is 83.6 Å². The molecule has 3 unspecified atom stereocenters. The molecular weight excluding hydrogens is 440 g/mol. The van der Waals surface area contributed by atoms with Crippen LogP contribution in [0.1, 0.15) is 60.6 Å². The Bertz CT molecular complexity index is 1290. The Hall–Kier alpha value is -3.37. The van der Waals surface area contributed by atoms with Crippen molar-refractivity contribution >= 4 is 18.1 Å². The van der Waals surface area contributed by atoms with Gasteiger partial charge in [0, 0.05) is 24.5 Å². The molecule has 1 heterocycles. The Morgan fingerprint density at radius 3 is 2.11 bits per heavy atom. The molecule has 36 heavy (non-hydrogen) atoms. The fourth-order valence-corrected chi connectivity index (χ4v) is 6.80. The van der Waals surface area contributed by atoms with Crippen LogP contribution in [-0.4, -0.2) is 37.8 Å². The van der Waals surface area contributed by atoms with Crippen molar-refractivity contribution in [3.8, 4) is 22.3 Å². The molecule has 6 rings (SSSR count). The predicted molar refractivity (Wildman–Crippen MR) is 152 cm³/mol. The van der Waals surface area contributed by atoms with Crippen LogP contribution < -0.4 is 11.1 Å². The summed E-state index contributed by atoms with van der Waals surface area (Å²) in [5.74, 6) is 1.36. The first kappa shape index (κ1) is 23.1. The second-order valence-corrected chi connectivity index (χ2v) is 10.8. The van der Waals surface area contributed by atoms with Crippen LogP contribution in [0.4, 0.5) is 5.69 Å². The van der Waals surface area contributed by atoms with Crippen LogP contribution in [0.3, 0.4) is 0 Å². The van der Waals surface area contributed by atoms with Gasteiger partial charge in [-0.25, -0.2) is 0 Å². The summed E-state index contributed by atoms with van der Waals surface area (Å²) >= 11 is 0. The predicted octanol–water partition coefficient (Wildman–Crippen LogP) is 6.65. The first-order chi connectivity index (χ1) is 17.6. The fraction of sp³-hybridized carbons (Fsp3) is 0.344. The van der Waals surface area contributed by atoms with E-state index in [4.69, 9.17) is 5.73 Å². The minimum Gasteiger partial charge on any atom is -0.399 e. The van der Waals surface area contributed by atoms with Gasteiger partial charge < -0.3 is 16.0 Å². The summed E-state index contributed by atoms with van der Waals surface area (Å²) in [6.45, 7) is 5.82. The van der Waals surface area contributed by atoms with Gasteiger partial charge in [0.05, 0.1) is 5.70 Å². The highest BCUT2D eigenvalue weighted by molar-refractivity contribution is 5.81. The molecule has 0 aromatic heterocycles. The Balaban J connectivity index is 1.30. The summed E-state index contributed by atoms with van der Waals surface area (Å²) < 4.78 is 0. The minimum atomic E-state index is 0.579. The number of nitrogens with zero attached hydrogens (tertiary/aromatic N) is 2. The van der Waals surface area contributed by atoms with Crippen LogP contribution in [0.2, 0.25) is 0 Å². The Kier molecular flexibility index (Phi) is 6.14. The van der Waals surface area contributed by atoms with E-state index in [2.05, 4.69) is 77.5 Å².